The monoisotopic (exact) mass is 298 g/mol. The number of carbonyl (C=O) groups is 1. The zero-order valence-electron chi connectivity index (χ0n) is 12.6. The predicted octanol–water partition coefficient (Wildman–Crippen LogP) is 3.34. The molecule has 1 aliphatic heterocycles. The van der Waals surface area contributed by atoms with Crippen molar-refractivity contribution in [3.05, 3.63) is 64.7 Å². The number of aliphatic hydroxyl groups excluding tert-OH is 1. The molecule has 3 rings (SSSR count). The van der Waals surface area contributed by atoms with E-state index in [1.54, 1.807) is 13.2 Å². The van der Waals surface area contributed by atoms with E-state index in [4.69, 9.17) is 9.47 Å². The van der Waals surface area contributed by atoms with Crippen molar-refractivity contribution in [2.45, 2.75) is 25.6 Å². The largest absolute Gasteiger partial charge is 0.496 e. The third kappa shape index (κ3) is 2.57. The van der Waals surface area contributed by atoms with E-state index in [-0.39, 0.29) is 5.97 Å². The van der Waals surface area contributed by atoms with Gasteiger partial charge in [0.2, 0.25) is 0 Å². The first-order valence-corrected chi connectivity index (χ1v) is 7.22. The van der Waals surface area contributed by atoms with Crippen LogP contribution in [0.3, 0.4) is 0 Å². The average Bonchev–Trinajstić information content (AvgIpc) is 2.84. The van der Waals surface area contributed by atoms with Crippen LogP contribution < -0.4 is 4.74 Å². The Bertz CT molecular complexity index is 708. The van der Waals surface area contributed by atoms with E-state index < -0.39 is 12.2 Å². The van der Waals surface area contributed by atoms with Crippen LogP contribution in [0.1, 0.15) is 45.7 Å². The van der Waals surface area contributed by atoms with E-state index in [0.717, 1.165) is 22.4 Å². The van der Waals surface area contributed by atoms with Crippen molar-refractivity contribution in [3.8, 4) is 5.75 Å². The number of aliphatic hydroxyl groups is 1. The van der Waals surface area contributed by atoms with Crippen LogP contribution in [0.4, 0.5) is 0 Å². The third-order valence-corrected chi connectivity index (χ3v) is 4.02. The van der Waals surface area contributed by atoms with Gasteiger partial charge in [-0.05, 0) is 36.2 Å². The molecule has 0 amide bonds. The van der Waals surface area contributed by atoms with Crippen LogP contribution in [0.5, 0.6) is 5.75 Å². The van der Waals surface area contributed by atoms with Crippen LogP contribution in [-0.4, -0.2) is 18.2 Å². The van der Waals surface area contributed by atoms with Gasteiger partial charge in [-0.15, -0.1) is 0 Å². The molecule has 4 heteroatoms. The molecule has 114 valence electrons. The average molecular weight is 298 g/mol. The van der Waals surface area contributed by atoms with Crippen LogP contribution in [0.15, 0.2) is 42.5 Å². The number of aryl methyl sites for hydroxylation is 1. The summed E-state index contributed by atoms with van der Waals surface area (Å²) in [5, 5.41) is 10.4. The van der Waals surface area contributed by atoms with Gasteiger partial charge in [0.25, 0.3) is 0 Å². The van der Waals surface area contributed by atoms with Gasteiger partial charge in [0.15, 0.2) is 0 Å². The first-order chi connectivity index (χ1) is 10.6. The number of hydrogen-bond acceptors (Lipinski definition) is 4. The lowest BCUT2D eigenvalue weighted by Gasteiger charge is -2.17. The lowest BCUT2D eigenvalue weighted by molar-refractivity contribution is 0.0234. The minimum Gasteiger partial charge on any atom is -0.496 e. The zero-order chi connectivity index (χ0) is 15.7. The molecule has 1 aliphatic rings. The zero-order valence-corrected chi connectivity index (χ0v) is 12.6. The number of hydrogen-bond donors (Lipinski definition) is 1. The Labute approximate surface area is 129 Å². The Morgan fingerprint density at radius 1 is 1.27 bits per heavy atom. The summed E-state index contributed by atoms with van der Waals surface area (Å²) in [6.07, 6.45) is -0.760. The van der Waals surface area contributed by atoms with Gasteiger partial charge >= 0.3 is 5.97 Å². The van der Waals surface area contributed by atoms with Crippen molar-refractivity contribution >= 4 is 5.97 Å². The highest BCUT2D eigenvalue weighted by Crippen LogP contribution is 2.37. The van der Waals surface area contributed by atoms with E-state index in [1.165, 1.54) is 0 Å². The summed E-state index contributed by atoms with van der Waals surface area (Å²) >= 11 is 0. The Kier molecular flexibility index (Phi) is 3.86. The van der Waals surface area contributed by atoms with Crippen LogP contribution in [0, 0.1) is 6.92 Å². The van der Waals surface area contributed by atoms with Crippen molar-refractivity contribution in [1.29, 1.82) is 0 Å². The molecule has 0 saturated heterocycles. The second-order valence-electron chi connectivity index (χ2n) is 5.46. The molecule has 0 aliphatic carbocycles. The normalized spacial score (nSPS) is 17.8. The predicted molar refractivity (Wildman–Crippen MR) is 81.9 cm³/mol. The number of ether oxygens (including phenoxy) is 2. The molecule has 0 saturated carbocycles. The summed E-state index contributed by atoms with van der Waals surface area (Å²) in [6.45, 7) is 1.93. The fourth-order valence-corrected chi connectivity index (χ4v) is 2.84. The highest BCUT2D eigenvalue weighted by atomic mass is 16.5. The highest BCUT2D eigenvalue weighted by molar-refractivity contribution is 5.93. The summed E-state index contributed by atoms with van der Waals surface area (Å²) in [7, 11) is 1.62. The van der Waals surface area contributed by atoms with Crippen molar-refractivity contribution in [2.24, 2.45) is 0 Å². The summed E-state index contributed by atoms with van der Waals surface area (Å²) < 4.78 is 10.6. The minimum absolute atomic E-state index is 0.321. The molecule has 0 fully saturated rings. The maximum atomic E-state index is 11.8. The molecule has 0 bridgehead atoms. The van der Waals surface area contributed by atoms with E-state index >= 15 is 0 Å². The standard InChI is InChI=1S/C18H18O4/c1-11-9-12(7-8-16(11)21-2)15(19)10-17-13-5-3-4-6-14(13)18(20)22-17/h3-9,15,17,19H,10H2,1-2H3. The fourth-order valence-electron chi connectivity index (χ4n) is 2.84. The molecule has 2 unspecified atom stereocenters. The number of esters is 1. The fraction of sp³-hybridized carbons (Fsp3) is 0.278. The summed E-state index contributed by atoms with van der Waals surface area (Å²) in [4.78, 5) is 11.8. The second kappa shape index (κ2) is 5.81. The summed E-state index contributed by atoms with van der Waals surface area (Å²) in [5.74, 6) is 0.465. The smallest absolute Gasteiger partial charge is 0.339 e. The van der Waals surface area contributed by atoms with E-state index in [9.17, 15) is 9.90 Å². The number of benzene rings is 2. The molecule has 0 radical (unpaired) electrons. The number of methoxy groups -OCH3 is 1. The number of carbonyl (C=O) groups excluding carboxylic acids is 1. The maximum absolute atomic E-state index is 11.8. The molecule has 1 N–H and O–H groups in total. The first kappa shape index (κ1) is 14.6. The van der Waals surface area contributed by atoms with Gasteiger partial charge in [-0.2, -0.15) is 0 Å². The van der Waals surface area contributed by atoms with Gasteiger partial charge in [0.1, 0.15) is 11.9 Å². The minimum atomic E-state index is -0.700. The molecular weight excluding hydrogens is 280 g/mol. The molecule has 4 nitrogen and oxygen atoms in total. The van der Waals surface area contributed by atoms with Crippen LogP contribution in [0.25, 0.3) is 0 Å². The molecular formula is C18H18O4. The molecule has 0 aromatic heterocycles. The van der Waals surface area contributed by atoms with Crippen LogP contribution >= 0.6 is 0 Å². The van der Waals surface area contributed by atoms with E-state index in [1.807, 2.05) is 43.3 Å². The summed E-state index contributed by atoms with van der Waals surface area (Å²) in [6, 6.07) is 12.9. The number of cyclic esters (lactones) is 1. The lowest BCUT2D eigenvalue weighted by Crippen LogP contribution is -2.06. The maximum Gasteiger partial charge on any atom is 0.339 e. The van der Waals surface area contributed by atoms with Gasteiger partial charge in [-0.3, -0.25) is 0 Å². The molecule has 0 spiro atoms. The molecule has 22 heavy (non-hydrogen) atoms. The topological polar surface area (TPSA) is 55.8 Å². The lowest BCUT2D eigenvalue weighted by atomic mass is 9.96. The SMILES string of the molecule is COc1ccc(C(O)CC2OC(=O)c3ccccc32)cc1C. The Balaban J connectivity index is 1.79. The molecule has 1 heterocycles. The van der Waals surface area contributed by atoms with Gasteiger partial charge in [0, 0.05) is 12.0 Å². The van der Waals surface area contributed by atoms with Gasteiger partial charge in [0.05, 0.1) is 18.8 Å². The molecule has 2 aromatic carbocycles. The Hall–Kier alpha value is -2.33. The second-order valence-corrected chi connectivity index (χ2v) is 5.46. The Morgan fingerprint density at radius 3 is 2.77 bits per heavy atom. The summed E-state index contributed by atoms with van der Waals surface area (Å²) in [5.41, 5.74) is 3.18. The third-order valence-electron chi connectivity index (χ3n) is 4.02. The quantitative estimate of drug-likeness (QED) is 0.880. The number of fused-ring (bicyclic) bond motifs is 1. The van der Waals surface area contributed by atoms with E-state index in [2.05, 4.69) is 0 Å². The molecule has 2 atom stereocenters. The van der Waals surface area contributed by atoms with Gasteiger partial charge < -0.3 is 14.6 Å². The first-order valence-electron chi connectivity index (χ1n) is 7.22. The molecule has 2 aromatic rings. The Morgan fingerprint density at radius 2 is 2.05 bits per heavy atom. The van der Waals surface area contributed by atoms with Crippen molar-refractivity contribution in [3.63, 3.8) is 0 Å². The van der Waals surface area contributed by atoms with Gasteiger partial charge in [-0.25, -0.2) is 4.79 Å². The van der Waals surface area contributed by atoms with E-state index in [0.29, 0.717) is 12.0 Å². The van der Waals surface area contributed by atoms with Gasteiger partial charge in [-0.1, -0.05) is 24.3 Å². The van der Waals surface area contributed by atoms with Crippen molar-refractivity contribution in [1.82, 2.24) is 0 Å². The van der Waals surface area contributed by atoms with Crippen LogP contribution in [-0.2, 0) is 4.74 Å². The van der Waals surface area contributed by atoms with Crippen molar-refractivity contribution in [2.75, 3.05) is 7.11 Å². The van der Waals surface area contributed by atoms with Crippen LogP contribution in [0.2, 0.25) is 0 Å². The van der Waals surface area contributed by atoms with Crippen molar-refractivity contribution < 1.29 is 19.4 Å². The highest BCUT2D eigenvalue weighted by Gasteiger charge is 2.32. The number of rotatable bonds is 4.